The summed E-state index contributed by atoms with van der Waals surface area (Å²) in [5, 5.41) is 21.8. The number of nitro benzene ring substituents is 1. The Balaban J connectivity index is 2.07. The van der Waals surface area contributed by atoms with Crippen LogP contribution in [0.3, 0.4) is 0 Å². The molecule has 1 N–H and O–H groups in total. The van der Waals surface area contributed by atoms with Gasteiger partial charge in [-0.25, -0.2) is 4.63 Å². The van der Waals surface area contributed by atoms with Crippen LogP contribution >= 0.6 is 0 Å². The molecule has 11 heteroatoms. The fourth-order valence-corrected chi connectivity index (χ4v) is 2.52. The first-order chi connectivity index (χ1) is 11.6. The van der Waals surface area contributed by atoms with Crippen molar-refractivity contribution in [3.05, 3.63) is 16.2 Å². The van der Waals surface area contributed by atoms with Crippen molar-refractivity contribution in [3.63, 3.8) is 0 Å². The van der Waals surface area contributed by atoms with Gasteiger partial charge in [0.1, 0.15) is 12.2 Å². The number of anilines is 2. The molecule has 1 aliphatic heterocycles. The van der Waals surface area contributed by atoms with Crippen molar-refractivity contribution in [2.75, 3.05) is 50.2 Å². The highest BCUT2D eigenvalue weighted by Gasteiger charge is 2.29. The lowest BCUT2D eigenvalue weighted by atomic mass is 10.1. The zero-order valence-corrected chi connectivity index (χ0v) is 12.9. The molecule has 128 valence electrons. The van der Waals surface area contributed by atoms with Crippen LogP contribution < -0.4 is 10.2 Å². The maximum atomic E-state index is 11.5. The van der Waals surface area contributed by atoms with Gasteiger partial charge in [-0.3, -0.25) is 14.9 Å². The lowest BCUT2D eigenvalue weighted by Gasteiger charge is -2.28. The third-order valence-electron chi connectivity index (χ3n) is 3.68. The van der Waals surface area contributed by atoms with Crippen LogP contribution in [-0.4, -0.2) is 61.2 Å². The Hall–Kier alpha value is -2.95. The molecule has 0 saturated carbocycles. The van der Waals surface area contributed by atoms with Gasteiger partial charge in [0.15, 0.2) is 5.52 Å². The second-order valence-electron chi connectivity index (χ2n) is 5.04. The van der Waals surface area contributed by atoms with E-state index in [0.717, 1.165) is 0 Å². The largest absolute Gasteiger partial charge is 0.468 e. The highest BCUT2D eigenvalue weighted by atomic mass is 16.6. The standard InChI is InChI=1S/C13H15N5O6/c1-22-10(19)7-14-8-6-9(17-2-4-23-5-3-17)13(18(20)21)12-11(8)15-24-16-12/h6,14H,2-5,7H2,1H3. The lowest BCUT2D eigenvalue weighted by Crippen LogP contribution is -2.36. The zero-order chi connectivity index (χ0) is 17.1. The maximum absolute atomic E-state index is 11.5. The molecule has 24 heavy (non-hydrogen) atoms. The first-order valence-corrected chi connectivity index (χ1v) is 7.19. The Morgan fingerprint density at radius 2 is 2.12 bits per heavy atom. The summed E-state index contributed by atoms with van der Waals surface area (Å²) < 4.78 is 14.5. The molecule has 1 aliphatic rings. The number of carbonyl (C=O) groups excluding carboxylic acids is 1. The highest BCUT2D eigenvalue weighted by molar-refractivity contribution is 6.00. The normalized spacial score (nSPS) is 14.6. The smallest absolute Gasteiger partial charge is 0.325 e. The van der Waals surface area contributed by atoms with Crippen molar-refractivity contribution in [3.8, 4) is 0 Å². The van der Waals surface area contributed by atoms with Crippen molar-refractivity contribution < 1.29 is 23.8 Å². The van der Waals surface area contributed by atoms with Crippen LogP contribution in [0.2, 0.25) is 0 Å². The third-order valence-corrected chi connectivity index (χ3v) is 3.68. The molecule has 2 aromatic rings. The molecule has 0 atom stereocenters. The average Bonchev–Trinajstić information content (AvgIpc) is 3.08. The van der Waals surface area contributed by atoms with Crippen LogP contribution in [0.1, 0.15) is 0 Å². The van der Waals surface area contributed by atoms with E-state index in [2.05, 4.69) is 25.0 Å². The lowest BCUT2D eigenvalue weighted by molar-refractivity contribution is -0.382. The van der Waals surface area contributed by atoms with Gasteiger partial charge in [0, 0.05) is 13.1 Å². The first kappa shape index (κ1) is 15.9. The van der Waals surface area contributed by atoms with E-state index in [1.54, 1.807) is 6.07 Å². The predicted octanol–water partition coefficient (Wildman–Crippen LogP) is 0.552. The molecule has 0 bridgehead atoms. The monoisotopic (exact) mass is 337 g/mol. The molecule has 0 unspecified atom stereocenters. The SMILES string of the molecule is COC(=O)CNc1cc(N2CCOCC2)c([N+](=O)[O-])c2nonc12. The van der Waals surface area contributed by atoms with Gasteiger partial charge in [-0.2, -0.15) is 0 Å². The summed E-state index contributed by atoms with van der Waals surface area (Å²) in [4.78, 5) is 24.2. The minimum atomic E-state index is -0.512. The summed E-state index contributed by atoms with van der Waals surface area (Å²) in [7, 11) is 1.27. The minimum Gasteiger partial charge on any atom is -0.468 e. The second-order valence-corrected chi connectivity index (χ2v) is 5.04. The van der Waals surface area contributed by atoms with Crippen molar-refractivity contribution in [1.29, 1.82) is 0 Å². The van der Waals surface area contributed by atoms with E-state index >= 15 is 0 Å². The van der Waals surface area contributed by atoms with Crippen LogP contribution in [0.5, 0.6) is 0 Å². The van der Waals surface area contributed by atoms with Crippen molar-refractivity contribution >= 4 is 34.1 Å². The Labute approximate surface area is 135 Å². The van der Waals surface area contributed by atoms with Crippen LogP contribution in [0.25, 0.3) is 11.0 Å². The van der Waals surface area contributed by atoms with Gasteiger partial charge in [0.25, 0.3) is 0 Å². The number of hydrogen-bond acceptors (Lipinski definition) is 10. The number of methoxy groups -OCH3 is 1. The molecule has 0 amide bonds. The fourth-order valence-electron chi connectivity index (χ4n) is 2.52. The minimum absolute atomic E-state index is 0.0244. The van der Waals surface area contributed by atoms with E-state index in [4.69, 9.17) is 4.74 Å². The van der Waals surface area contributed by atoms with Crippen molar-refractivity contribution in [1.82, 2.24) is 10.3 Å². The second kappa shape index (κ2) is 6.66. The molecule has 3 rings (SSSR count). The first-order valence-electron chi connectivity index (χ1n) is 7.19. The molecule has 11 nitrogen and oxygen atoms in total. The summed E-state index contributed by atoms with van der Waals surface area (Å²) in [5.74, 6) is -0.481. The van der Waals surface area contributed by atoms with E-state index in [-0.39, 0.29) is 23.3 Å². The molecule has 1 aromatic carbocycles. The summed E-state index contributed by atoms with van der Waals surface area (Å²) in [6, 6.07) is 1.57. The van der Waals surface area contributed by atoms with Gasteiger partial charge in [-0.05, 0) is 16.4 Å². The van der Waals surface area contributed by atoms with Gasteiger partial charge in [0.2, 0.25) is 5.52 Å². The zero-order valence-electron chi connectivity index (χ0n) is 12.9. The van der Waals surface area contributed by atoms with E-state index in [0.29, 0.717) is 37.7 Å². The number of esters is 1. The number of carbonyl (C=O) groups is 1. The number of ether oxygens (including phenoxy) is 2. The molecular weight excluding hydrogens is 322 g/mol. The Morgan fingerprint density at radius 1 is 1.42 bits per heavy atom. The summed E-state index contributed by atoms with van der Waals surface area (Å²) in [6.07, 6.45) is 0. The molecule has 0 aliphatic carbocycles. The number of benzene rings is 1. The van der Waals surface area contributed by atoms with Gasteiger partial charge >= 0.3 is 11.7 Å². The number of nitrogens with one attached hydrogen (secondary N) is 1. The third kappa shape index (κ3) is 2.93. The van der Waals surface area contributed by atoms with E-state index in [1.165, 1.54) is 7.11 Å². The van der Waals surface area contributed by atoms with E-state index < -0.39 is 10.9 Å². The Morgan fingerprint density at radius 3 is 2.79 bits per heavy atom. The molecule has 1 fully saturated rings. The van der Waals surface area contributed by atoms with E-state index in [1.807, 2.05) is 4.90 Å². The number of fused-ring (bicyclic) bond motifs is 1. The molecule has 2 heterocycles. The predicted molar refractivity (Wildman–Crippen MR) is 82.0 cm³/mol. The Bertz CT molecular complexity index is 770. The topological polar surface area (TPSA) is 133 Å². The molecule has 1 saturated heterocycles. The van der Waals surface area contributed by atoms with E-state index in [9.17, 15) is 14.9 Å². The number of hydrogen-bond donors (Lipinski definition) is 1. The fraction of sp³-hybridized carbons (Fsp3) is 0.462. The van der Waals surface area contributed by atoms with Crippen molar-refractivity contribution in [2.24, 2.45) is 0 Å². The number of aromatic nitrogens is 2. The molecule has 0 radical (unpaired) electrons. The summed E-state index contributed by atoms with van der Waals surface area (Å²) >= 11 is 0. The van der Waals surface area contributed by atoms with Crippen molar-refractivity contribution in [2.45, 2.75) is 0 Å². The molecule has 1 aromatic heterocycles. The van der Waals surface area contributed by atoms with Crippen LogP contribution in [-0.2, 0) is 14.3 Å². The highest BCUT2D eigenvalue weighted by Crippen LogP contribution is 2.39. The van der Waals surface area contributed by atoms with Crippen LogP contribution in [0.4, 0.5) is 17.1 Å². The van der Waals surface area contributed by atoms with Gasteiger partial charge in [-0.1, -0.05) is 0 Å². The average molecular weight is 337 g/mol. The molecular formula is C13H15N5O6. The van der Waals surface area contributed by atoms with Crippen LogP contribution in [0.15, 0.2) is 10.7 Å². The number of morpholine rings is 1. The quantitative estimate of drug-likeness (QED) is 0.468. The van der Waals surface area contributed by atoms with Gasteiger partial charge < -0.3 is 19.7 Å². The number of rotatable bonds is 5. The van der Waals surface area contributed by atoms with Gasteiger partial charge in [-0.15, -0.1) is 0 Å². The summed E-state index contributed by atoms with van der Waals surface area (Å²) in [6.45, 7) is 1.84. The van der Waals surface area contributed by atoms with Crippen LogP contribution in [0, 0.1) is 10.1 Å². The number of nitrogens with zero attached hydrogens (tertiary/aromatic N) is 4. The maximum Gasteiger partial charge on any atom is 0.325 e. The Kier molecular flexibility index (Phi) is 4.42. The number of nitro groups is 1. The summed E-state index contributed by atoms with van der Waals surface area (Å²) in [5.41, 5.74) is 0.804. The van der Waals surface area contributed by atoms with Gasteiger partial charge in [0.05, 0.1) is 30.9 Å². The molecule has 0 spiro atoms.